The van der Waals surface area contributed by atoms with Crippen molar-refractivity contribution in [3.8, 4) is 11.5 Å². The van der Waals surface area contributed by atoms with Crippen LogP contribution in [-0.2, 0) is 11.0 Å². The molecule has 5 nitrogen and oxygen atoms in total. The Morgan fingerprint density at radius 1 is 0.967 bits per heavy atom. The van der Waals surface area contributed by atoms with Gasteiger partial charge in [-0.2, -0.15) is 13.2 Å². The van der Waals surface area contributed by atoms with Gasteiger partial charge in [-0.15, -0.1) is 0 Å². The molecule has 0 bridgehead atoms. The summed E-state index contributed by atoms with van der Waals surface area (Å²) in [4.78, 5) is 16.0. The van der Waals surface area contributed by atoms with Crippen LogP contribution in [0.25, 0.3) is 6.08 Å². The van der Waals surface area contributed by atoms with Crippen LogP contribution in [0, 0.1) is 0 Å². The maximum atomic E-state index is 12.9. The van der Waals surface area contributed by atoms with Crippen molar-refractivity contribution in [2.24, 2.45) is 0 Å². The van der Waals surface area contributed by atoms with Crippen LogP contribution in [0.5, 0.6) is 11.5 Å². The average molecular weight is 420 g/mol. The first-order valence-corrected chi connectivity index (χ1v) is 9.43. The van der Waals surface area contributed by atoms with E-state index in [0.717, 1.165) is 17.7 Å². The largest absolute Gasteiger partial charge is 0.493 e. The molecule has 0 saturated carbocycles. The van der Waals surface area contributed by atoms with Gasteiger partial charge in [-0.05, 0) is 42.0 Å². The molecule has 1 aliphatic rings. The molecule has 1 aliphatic heterocycles. The number of carbonyl (C=O) groups is 1. The van der Waals surface area contributed by atoms with Gasteiger partial charge in [0.15, 0.2) is 11.5 Å². The second kappa shape index (κ2) is 9.11. The Morgan fingerprint density at radius 3 is 2.30 bits per heavy atom. The summed E-state index contributed by atoms with van der Waals surface area (Å²) in [5.41, 5.74) is 0.637. The number of hydrogen-bond donors (Lipinski definition) is 0. The number of amides is 1. The molecular formula is C22H23F3N2O3. The molecular weight excluding hydrogens is 397 g/mol. The number of benzene rings is 2. The Morgan fingerprint density at radius 2 is 1.67 bits per heavy atom. The fraction of sp³-hybridized carbons (Fsp3) is 0.318. The number of piperazine rings is 1. The molecule has 3 rings (SSSR count). The maximum Gasteiger partial charge on any atom is 0.416 e. The zero-order chi connectivity index (χ0) is 21.7. The van der Waals surface area contributed by atoms with E-state index in [9.17, 15) is 18.0 Å². The molecule has 2 aromatic rings. The summed E-state index contributed by atoms with van der Waals surface area (Å²) in [6.45, 7) is 1.81. The van der Waals surface area contributed by atoms with E-state index in [2.05, 4.69) is 0 Å². The summed E-state index contributed by atoms with van der Waals surface area (Å²) in [5.74, 6) is 1.03. The van der Waals surface area contributed by atoms with Crippen LogP contribution in [0.3, 0.4) is 0 Å². The number of rotatable bonds is 5. The molecule has 0 spiro atoms. The summed E-state index contributed by atoms with van der Waals surface area (Å²) in [6.07, 6.45) is -1.19. The van der Waals surface area contributed by atoms with Gasteiger partial charge in [-0.25, -0.2) is 0 Å². The first-order chi connectivity index (χ1) is 14.3. The predicted octanol–water partition coefficient (Wildman–Crippen LogP) is 4.08. The van der Waals surface area contributed by atoms with Gasteiger partial charge < -0.3 is 19.3 Å². The lowest BCUT2D eigenvalue weighted by Crippen LogP contribution is -2.48. The number of ether oxygens (including phenoxy) is 2. The normalized spacial score (nSPS) is 14.8. The number of carbonyl (C=O) groups excluding carboxylic acids is 1. The molecule has 0 radical (unpaired) electrons. The van der Waals surface area contributed by atoms with E-state index >= 15 is 0 Å². The molecule has 0 atom stereocenters. The second-order valence-electron chi connectivity index (χ2n) is 6.81. The van der Waals surface area contributed by atoms with E-state index in [1.54, 1.807) is 43.4 Å². The lowest BCUT2D eigenvalue weighted by Gasteiger charge is -2.35. The lowest BCUT2D eigenvalue weighted by molar-refractivity contribution is -0.137. The smallest absolute Gasteiger partial charge is 0.416 e. The first-order valence-electron chi connectivity index (χ1n) is 9.43. The minimum Gasteiger partial charge on any atom is -0.493 e. The Bertz CT molecular complexity index is 920. The molecule has 30 heavy (non-hydrogen) atoms. The fourth-order valence-corrected chi connectivity index (χ4v) is 3.29. The van der Waals surface area contributed by atoms with Gasteiger partial charge in [0.25, 0.3) is 0 Å². The van der Waals surface area contributed by atoms with Crippen molar-refractivity contribution in [2.75, 3.05) is 45.3 Å². The van der Waals surface area contributed by atoms with Crippen LogP contribution >= 0.6 is 0 Å². The van der Waals surface area contributed by atoms with Gasteiger partial charge in [-0.3, -0.25) is 4.79 Å². The van der Waals surface area contributed by atoms with Crippen LogP contribution in [0.2, 0.25) is 0 Å². The fourth-order valence-electron chi connectivity index (χ4n) is 3.29. The van der Waals surface area contributed by atoms with Crippen molar-refractivity contribution in [1.82, 2.24) is 4.90 Å². The molecule has 1 heterocycles. The molecule has 8 heteroatoms. The van der Waals surface area contributed by atoms with Crippen LogP contribution < -0.4 is 14.4 Å². The zero-order valence-electron chi connectivity index (χ0n) is 16.8. The van der Waals surface area contributed by atoms with Crippen molar-refractivity contribution in [2.45, 2.75) is 6.18 Å². The van der Waals surface area contributed by atoms with Crippen LogP contribution in [0.1, 0.15) is 11.1 Å². The minimum absolute atomic E-state index is 0.145. The molecule has 0 aliphatic carbocycles. The van der Waals surface area contributed by atoms with Crippen molar-refractivity contribution < 1.29 is 27.4 Å². The number of methoxy groups -OCH3 is 2. The SMILES string of the molecule is COc1ccc(/C=C/C(=O)N2CCN(c3cccc(C(F)(F)F)c3)CC2)cc1OC. The quantitative estimate of drug-likeness (QED) is 0.684. The maximum absolute atomic E-state index is 12.9. The van der Waals surface area contributed by atoms with Crippen LogP contribution in [0.15, 0.2) is 48.5 Å². The molecule has 2 aromatic carbocycles. The second-order valence-corrected chi connectivity index (χ2v) is 6.81. The topological polar surface area (TPSA) is 42.0 Å². The van der Waals surface area contributed by atoms with E-state index in [0.29, 0.717) is 43.4 Å². The standard InChI is InChI=1S/C22H23F3N2O3/c1-29-19-8-6-16(14-20(19)30-2)7-9-21(28)27-12-10-26(11-13-27)18-5-3-4-17(15-18)22(23,24)25/h3-9,14-15H,10-13H2,1-2H3/b9-7+. The Labute approximate surface area is 173 Å². The third-order valence-corrected chi connectivity index (χ3v) is 4.96. The third kappa shape index (κ3) is 5.06. The number of halogens is 3. The van der Waals surface area contributed by atoms with E-state index < -0.39 is 11.7 Å². The van der Waals surface area contributed by atoms with Crippen molar-refractivity contribution in [3.63, 3.8) is 0 Å². The summed E-state index contributed by atoms with van der Waals surface area (Å²) in [6, 6.07) is 10.6. The molecule has 1 saturated heterocycles. The summed E-state index contributed by atoms with van der Waals surface area (Å²) >= 11 is 0. The number of anilines is 1. The van der Waals surface area contributed by atoms with Gasteiger partial charge in [0.1, 0.15) is 0 Å². The Balaban J connectivity index is 1.60. The highest BCUT2D eigenvalue weighted by molar-refractivity contribution is 5.92. The Kier molecular flexibility index (Phi) is 6.54. The van der Waals surface area contributed by atoms with Gasteiger partial charge >= 0.3 is 6.18 Å². The first kappa shape index (κ1) is 21.5. The van der Waals surface area contributed by atoms with E-state index in [1.165, 1.54) is 12.1 Å². The van der Waals surface area contributed by atoms with Gasteiger partial charge in [0.05, 0.1) is 19.8 Å². The molecule has 160 valence electrons. The highest BCUT2D eigenvalue weighted by Gasteiger charge is 2.31. The lowest BCUT2D eigenvalue weighted by atomic mass is 10.1. The number of alkyl halides is 3. The molecule has 1 fully saturated rings. The highest BCUT2D eigenvalue weighted by atomic mass is 19.4. The molecule has 0 N–H and O–H groups in total. The zero-order valence-corrected chi connectivity index (χ0v) is 16.8. The van der Waals surface area contributed by atoms with Crippen molar-refractivity contribution >= 4 is 17.7 Å². The molecule has 0 aromatic heterocycles. The highest BCUT2D eigenvalue weighted by Crippen LogP contribution is 2.32. The van der Waals surface area contributed by atoms with Gasteiger partial charge in [0, 0.05) is 37.9 Å². The van der Waals surface area contributed by atoms with E-state index in [1.807, 2.05) is 11.0 Å². The number of hydrogen-bond acceptors (Lipinski definition) is 4. The van der Waals surface area contributed by atoms with Crippen molar-refractivity contribution in [1.29, 1.82) is 0 Å². The average Bonchev–Trinajstić information content (AvgIpc) is 2.76. The Hall–Kier alpha value is -3.16. The minimum atomic E-state index is -4.37. The summed E-state index contributed by atoms with van der Waals surface area (Å²) in [5, 5.41) is 0. The van der Waals surface area contributed by atoms with Crippen LogP contribution in [-0.4, -0.2) is 51.2 Å². The summed E-state index contributed by atoms with van der Waals surface area (Å²) < 4.78 is 49.2. The molecule has 1 amide bonds. The van der Waals surface area contributed by atoms with Crippen LogP contribution in [0.4, 0.5) is 18.9 Å². The van der Waals surface area contributed by atoms with Crippen molar-refractivity contribution in [3.05, 3.63) is 59.7 Å². The van der Waals surface area contributed by atoms with Gasteiger partial charge in [0.2, 0.25) is 5.91 Å². The third-order valence-electron chi connectivity index (χ3n) is 4.96. The number of nitrogens with zero attached hydrogens (tertiary/aromatic N) is 2. The van der Waals surface area contributed by atoms with E-state index in [-0.39, 0.29) is 5.91 Å². The summed E-state index contributed by atoms with van der Waals surface area (Å²) in [7, 11) is 3.09. The predicted molar refractivity (Wildman–Crippen MR) is 109 cm³/mol. The molecule has 0 unspecified atom stereocenters. The van der Waals surface area contributed by atoms with Gasteiger partial charge in [-0.1, -0.05) is 12.1 Å². The van der Waals surface area contributed by atoms with E-state index in [4.69, 9.17) is 9.47 Å². The monoisotopic (exact) mass is 420 g/mol.